The molecule has 15 heteroatoms. The van der Waals surface area contributed by atoms with Gasteiger partial charge in [-0.25, -0.2) is 0 Å². The van der Waals surface area contributed by atoms with Crippen molar-refractivity contribution in [1.82, 2.24) is 8.75 Å². The number of hydrogen-bond donors (Lipinski definition) is 2. The second kappa shape index (κ2) is 14.3. The lowest BCUT2D eigenvalue weighted by Gasteiger charge is -2.12. The molecule has 6 aromatic rings. The molecular weight excluding hydrogens is 683 g/mol. The standard InChI is InChI=1S/C30H16F6N4O2S3.C2H6/c31-27(32)29(35)41-15-5-1-13(2-6-15)17-9-11-19(43-17)21-23(37)24(38)22(26-25(21)39-45-40-26)20-12-10-18(44-20)14-3-7-16(8-4-14)42-30(36)28(33)34;1-2/h1-12H,37-38H2;1-2H3. The van der Waals surface area contributed by atoms with Gasteiger partial charge in [0.1, 0.15) is 22.5 Å². The van der Waals surface area contributed by atoms with E-state index in [9.17, 15) is 26.3 Å². The third-order valence-corrected chi connectivity index (χ3v) is 9.32. The normalized spacial score (nSPS) is 10.7. The molecule has 0 aliphatic carbocycles. The highest BCUT2D eigenvalue weighted by atomic mass is 32.1. The van der Waals surface area contributed by atoms with E-state index in [-0.39, 0.29) is 11.5 Å². The van der Waals surface area contributed by atoms with Crippen molar-refractivity contribution >= 4 is 56.8 Å². The molecule has 0 unspecified atom stereocenters. The number of ether oxygens (including phenoxy) is 2. The summed E-state index contributed by atoms with van der Waals surface area (Å²) in [6, 6.07) is 15.5. The van der Waals surface area contributed by atoms with Crippen LogP contribution < -0.4 is 20.9 Å². The van der Waals surface area contributed by atoms with Crippen LogP contribution in [0.15, 0.2) is 97.0 Å². The second-order valence-electron chi connectivity index (χ2n) is 9.19. The second-order valence-corrected chi connectivity index (χ2v) is 11.9. The van der Waals surface area contributed by atoms with Crippen LogP contribution in [-0.2, 0) is 0 Å². The van der Waals surface area contributed by atoms with Crippen LogP contribution in [0.4, 0.5) is 37.7 Å². The third-order valence-electron chi connectivity index (χ3n) is 6.49. The van der Waals surface area contributed by atoms with E-state index in [1.54, 1.807) is 24.3 Å². The van der Waals surface area contributed by atoms with Crippen LogP contribution >= 0.6 is 34.4 Å². The Kier molecular flexibility index (Phi) is 10.2. The number of fused-ring (bicyclic) bond motifs is 1. The maximum atomic E-state index is 13.1. The number of anilines is 2. The van der Waals surface area contributed by atoms with Crippen molar-refractivity contribution in [2.45, 2.75) is 13.8 Å². The molecule has 0 spiro atoms. The van der Waals surface area contributed by atoms with E-state index in [1.165, 1.54) is 46.9 Å². The number of hydrogen-bond acceptors (Lipinski definition) is 9. The number of benzene rings is 3. The Morgan fingerprint density at radius 2 is 0.872 bits per heavy atom. The van der Waals surface area contributed by atoms with Gasteiger partial charge in [-0.05, 0) is 83.9 Å². The minimum atomic E-state index is -2.55. The van der Waals surface area contributed by atoms with Crippen LogP contribution in [0, 0.1) is 0 Å². The van der Waals surface area contributed by atoms with Crippen molar-refractivity contribution in [2.24, 2.45) is 0 Å². The first-order valence-electron chi connectivity index (χ1n) is 13.6. The van der Waals surface area contributed by atoms with Gasteiger partial charge in [0, 0.05) is 30.6 Å². The predicted octanol–water partition coefficient (Wildman–Crippen LogP) is 11.5. The number of rotatable bonds is 8. The van der Waals surface area contributed by atoms with Gasteiger partial charge in [-0.15, -0.1) is 22.7 Å². The molecule has 3 heterocycles. The fraction of sp³-hybridized carbons (Fsp3) is 0.0625. The Morgan fingerprint density at radius 3 is 1.21 bits per heavy atom. The summed E-state index contributed by atoms with van der Waals surface area (Å²) in [6.07, 6.45) is -5.09. The zero-order valence-corrected chi connectivity index (χ0v) is 26.7. The number of nitrogen functional groups attached to an aromatic ring is 2. The van der Waals surface area contributed by atoms with E-state index in [4.69, 9.17) is 11.5 Å². The monoisotopic (exact) mass is 704 g/mol. The zero-order chi connectivity index (χ0) is 33.8. The lowest BCUT2D eigenvalue weighted by atomic mass is 10.0. The SMILES string of the molecule is CC.Nc1c(N)c(-c2ccc(-c3ccc(OC(F)=C(F)F)cc3)s2)c2nsnc2c1-c1ccc(-c2ccc(OC(F)=C(F)F)cc2)s1. The number of nitrogens with zero attached hydrogens (tertiary/aromatic N) is 2. The van der Waals surface area contributed by atoms with Crippen LogP contribution in [0.25, 0.3) is 52.8 Å². The summed E-state index contributed by atoms with van der Waals surface area (Å²) in [5.41, 5.74) is 17.7. The number of thiophene rings is 2. The molecule has 0 aliphatic rings. The third kappa shape index (κ3) is 6.96. The number of aromatic nitrogens is 2. The average Bonchev–Trinajstić information content (AvgIpc) is 3.86. The molecule has 0 atom stereocenters. The molecule has 0 radical (unpaired) electrons. The molecule has 242 valence electrons. The van der Waals surface area contributed by atoms with E-state index in [1.807, 2.05) is 38.1 Å². The van der Waals surface area contributed by atoms with Crippen molar-refractivity contribution in [3.8, 4) is 53.3 Å². The smallest absolute Gasteiger partial charge is 0.344 e. The highest BCUT2D eigenvalue weighted by Crippen LogP contribution is 2.49. The molecule has 4 N–H and O–H groups in total. The van der Waals surface area contributed by atoms with Crippen LogP contribution in [0.2, 0.25) is 0 Å². The first-order chi connectivity index (χ1) is 22.6. The van der Waals surface area contributed by atoms with Gasteiger partial charge >= 0.3 is 24.2 Å². The lowest BCUT2D eigenvalue weighted by molar-refractivity contribution is 0.241. The van der Waals surface area contributed by atoms with Crippen LogP contribution in [0.1, 0.15) is 13.8 Å². The molecular formula is C32H22F6N4O2S3. The molecule has 0 aliphatic heterocycles. The van der Waals surface area contributed by atoms with Gasteiger partial charge < -0.3 is 20.9 Å². The first kappa shape index (κ1) is 33.5. The van der Waals surface area contributed by atoms with Crippen molar-refractivity contribution < 1.29 is 35.8 Å². The van der Waals surface area contributed by atoms with Crippen molar-refractivity contribution in [3.05, 3.63) is 97.0 Å². The Morgan fingerprint density at radius 1 is 0.532 bits per heavy atom. The van der Waals surface area contributed by atoms with E-state index >= 15 is 0 Å². The Labute approximate surface area is 276 Å². The largest absolute Gasteiger partial charge is 0.428 e. The van der Waals surface area contributed by atoms with Crippen molar-refractivity contribution in [1.29, 1.82) is 0 Å². The highest BCUT2D eigenvalue weighted by Gasteiger charge is 2.24. The minimum Gasteiger partial charge on any atom is -0.428 e. The summed E-state index contributed by atoms with van der Waals surface area (Å²) in [7, 11) is 0. The van der Waals surface area contributed by atoms with Gasteiger partial charge in [0.05, 0.1) is 23.1 Å². The van der Waals surface area contributed by atoms with Crippen LogP contribution in [-0.4, -0.2) is 8.75 Å². The maximum Gasteiger partial charge on any atom is 0.344 e. The first-order valence-corrected chi connectivity index (χ1v) is 16.0. The predicted molar refractivity (Wildman–Crippen MR) is 177 cm³/mol. The number of nitrogens with two attached hydrogens (primary N) is 2. The molecule has 0 fully saturated rings. The molecule has 0 saturated carbocycles. The molecule has 3 aromatic heterocycles. The van der Waals surface area contributed by atoms with Crippen molar-refractivity contribution in [2.75, 3.05) is 11.5 Å². The molecule has 0 saturated heterocycles. The summed E-state index contributed by atoms with van der Waals surface area (Å²) < 4.78 is 93.7. The van der Waals surface area contributed by atoms with Crippen LogP contribution in [0.5, 0.6) is 11.5 Å². The lowest BCUT2D eigenvalue weighted by Crippen LogP contribution is -2.00. The highest BCUT2D eigenvalue weighted by molar-refractivity contribution is 7.19. The summed E-state index contributed by atoms with van der Waals surface area (Å²) >= 11 is 3.80. The molecule has 0 amide bonds. The summed E-state index contributed by atoms with van der Waals surface area (Å²) in [5, 5.41) is 0. The Balaban J connectivity index is 0.00000213. The summed E-state index contributed by atoms with van der Waals surface area (Å²) in [5.74, 6) is -0.158. The van der Waals surface area contributed by atoms with Gasteiger partial charge in [0.25, 0.3) is 0 Å². The Hall–Kier alpha value is -4.86. The van der Waals surface area contributed by atoms with Gasteiger partial charge in [-0.3, -0.25) is 0 Å². The fourth-order valence-electron chi connectivity index (χ4n) is 4.45. The van der Waals surface area contributed by atoms with E-state index in [0.29, 0.717) is 33.5 Å². The van der Waals surface area contributed by atoms with E-state index in [2.05, 4.69) is 18.2 Å². The van der Waals surface area contributed by atoms with E-state index in [0.717, 1.165) is 42.4 Å². The van der Waals surface area contributed by atoms with E-state index < -0.39 is 24.2 Å². The van der Waals surface area contributed by atoms with Gasteiger partial charge in [0.15, 0.2) is 0 Å². The quantitative estimate of drug-likeness (QED) is 0.0930. The summed E-state index contributed by atoms with van der Waals surface area (Å²) in [6.45, 7) is 4.00. The number of halogens is 6. The summed E-state index contributed by atoms with van der Waals surface area (Å²) in [4.78, 5) is 3.16. The molecule has 6 nitrogen and oxygen atoms in total. The average molecular weight is 705 g/mol. The molecule has 0 bridgehead atoms. The molecule has 6 rings (SSSR count). The molecule has 3 aromatic carbocycles. The Bertz CT molecular complexity index is 1950. The van der Waals surface area contributed by atoms with Crippen LogP contribution in [0.3, 0.4) is 0 Å². The minimum absolute atomic E-state index is 0.0791. The van der Waals surface area contributed by atoms with Gasteiger partial charge in [0.2, 0.25) is 0 Å². The van der Waals surface area contributed by atoms with Gasteiger partial charge in [-0.1, -0.05) is 13.8 Å². The molecule has 47 heavy (non-hydrogen) atoms. The fourth-order valence-corrected chi connectivity index (χ4v) is 7.16. The topological polar surface area (TPSA) is 96.3 Å². The van der Waals surface area contributed by atoms with Gasteiger partial charge in [-0.2, -0.15) is 35.1 Å². The zero-order valence-electron chi connectivity index (χ0n) is 24.3. The van der Waals surface area contributed by atoms with Crippen molar-refractivity contribution in [3.63, 3.8) is 0 Å². The maximum absolute atomic E-state index is 13.1.